The molecule has 3 nitrogen and oxygen atoms in total. The van der Waals surface area contributed by atoms with Crippen LogP contribution in [0.15, 0.2) is 42.5 Å². The average molecular weight is 291 g/mol. The highest BCUT2D eigenvalue weighted by Gasteiger charge is 2.15. The number of aryl methyl sites for hydroxylation is 1. The molecule has 0 saturated carbocycles. The normalized spacial score (nSPS) is 10.4. The lowest BCUT2D eigenvalue weighted by Gasteiger charge is -2.11. The van der Waals surface area contributed by atoms with Gasteiger partial charge in [-0.1, -0.05) is 42.8 Å². The molecule has 0 heterocycles. The molecule has 0 unspecified atom stereocenters. The summed E-state index contributed by atoms with van der Waals surface area (Å²) < 4.78 is 5.70. The third kappa shape index (κ3) is 3.54. The lowest BCUT2D eigenvalue weighted by Crippen LogP contribution is -2.33. The summed E-state index contributed by atoms with van der Waals surface area (Å²) in [6, 6.07) is 12.6. The van der Waals surface area contributed by atoms with Gasteiger partial charge in [0.1, 0.15) is 12.4 Å². The second-order valence-corrected chi connectivity index (χ2v) is 4.88. The molecule has 0 atom stereocenters. The summed E-state index contributed by atoms with van der Waals surface area (Å²) in [6.07, 6.45) is 0.835. The fourth-order valence-electron chi connectivity index (χ4n) is 1.99. The molecule has 104 valence electrons. The highest BCUT2D eigenvalue weighted by Crippen LogP contribution is 2.23. The van der Waals surface area contributed by atoms with Crippen LogP contribution in [0.5, 0.6) is 5.75 Å². The molecular formula is C15H16BClO3. The number of halogens is 1. The maximum Gasteiger partial charge on any atom is 0.488 e. The highest BCUT2D eigenvalue weighted by molar-refractivity contribution is 6.59. The van der Waals surface area contributed by atoms with Crippen molar-refractivity contribution in [3.8, 4) is 5.75 Å². The summed E-state index contributed by atoms with van der Waals surface area (Å²) in [7, 11) is -1.49. The van der Waals surface area contributed by atoms with Crippen LogP contribution in [0, 0.1) is 0 Å². The zero-order valence-corrected chi connectivity index (χ0v) is 12.0. The molecular weight excluding hydrogens is 274 g/mol. The summed E-state index contributed by atoms with van der Waals surface area (Å²) in [4.78, 5) is 0. The molecule has 0 radical (unpaired) electrons. The minimum atomic E-state index is -1.49. The van der Waals surface area contributed by atoms with Gasteiger partial charge < -0.3 is 14.8 Å². The van der Waals surface area contributed by atoms with Crippen LogP contribution in [0.2, 0.25) is 5.02 Å². The second-order valence-electron chi connectivity index (χ2n) is 4.47. The zero-order chi connectivity index (χ0) is 14.5. The minimum absolute atomic E-state index is 0.276. The van der Waals surface area contributed by atoms with Crippen molar-refractivity contribution in [2.75, 3.05) is 0 Å². The van der Waals surface area contributed by atoms with E-state index in [9.17, 15) is 10.0 Å². The largest absolute Gasteiger partial charge is 0.489 e. The zero-order valence-electron chi connectivity index (χ0n) is 11.2. The molecule has 5 heteroatoms. The molecule has 0 saturated heterocycles. The second kappa shape index (κ2) is 6.79. The fourth-order valence-corrected chi connectivity index (χ4v) is 2.24. The lowest BCUT2D eigenvalue weighted by molar-refractivity contribution is 0.306. The molecule has 0 aromatic heterocycles. The Hall–Kier alpha value is -1.49. The minimum Gasteiger partial charge on any atom is -0.489 e. The van der Waals surface area contributed by atoms with E-state index >= 15 is 0 Å². The molecule has 2 aromatic carbocycles. The third-order valence-corrected chi connectivity index (χ3v) is 3.49. The number of benzene rings is 2. The summed E-state index contributed by atoms with van der Waals surface area (Å²) in [6.45, 7) is 2.31. The van der Waals surface area contributed by atoms with Crippen molar-refractivity contribution in [1.82, 2.24) is 0 Å². The van der Waals surface area contributed by atoms with Gasteiger partial charge in [0.25, 0.3) is 0 Å². The molecule has 0 aliphatic carbocycles. The van der Waals surface area contributed by atoms with E-state index in [1.54, 1.807) is 18.2 Å². The van der Waals surface area contributed by atoms with E-state index in [0.717, 1.165) is 22.6 Å². The predicted molar refractivity (Wildman–Crippen MR) is 81.4 cm³/mol. The van der Waals surface area contributed by atoms with Gasteiger partial charge in [0.15, 0.2) is 0 Å². The van der Waals surface area contributed by atoms with Crippen molar-refractivity contribution in [1.29, 1.82) is 0 Å². The predicted octanol–water partition coefficient (Wildman–Crippen LogP) is 2.16. The Morgan fingerprint density at radius 3 is 2.55 bits per heavy atom. The lowest BCUT2D eigenvalue weighted by atomic mass is 9.77. The van der Waals surface area contributed by atoms with Crippen LogP contribution in [0.25, 0.3) is 0 Å². The SMILES string of the molecule is CCc1cc(OCc2ccccc2B(O)O)ccc1Cl. The first-order valence-electron chi connectivity index (χ1n) is 6.47. The van der Waals surface area contributed by atoms with Crippen LogP contribution < -0.4 is 10.2 Å². The Kier molecular flexibility index (Phi) is 5.07. The molecule has 0 spiro atoms. The van der Waals surface area contributed by atoms with Gasteiger partial charge in [0.2, 0.25) is 0 Å². The Bertz CT molecular complexity index is 587. The van der Waals surface area contributed by atoms with Gasteiger partial charge in [-0.2, -0.15) is 0 Å². The van der Waals surface area contributed by atoms with E-state index in [1.807, 2.05) is 31.2 Å². The first-order valence-corrected chi connectivity index (χ1v) is 6.84. The monoisotopic (exact) mass is 290 g/mol. The van der Waals surface area contributed by atoms with E-state index in [1.165, 1.54) is 0 Å². The van der Waals surface area contributed by atoms with Crippen molar-refractivity contribution in [2.45, 2.75) is 20.0 Å². The first kappa shape index (κ1) is 14.9. The van der Waals surface area contributed by atoms with Gasteiger partial charge in [-0.05, 0) is 41.2 Å². The standard InChI is InChI=1S/C15H16BClO3/c1-2-11-9-13(7-8-15(11)17)20-10-12-5-3-4-6-14(12)16(18)19/h3-9,18-19H,2,10H2,1H3. The van der Waals surface area contributed by atoms with Crippen LogP contribution in [0.4, 0.5) is 0 Å². The van der Waals surface area contributed by atoms with Gasteiger partial charge >= 0.3 is 7.12 Å². The van der Waals surface area contributed by atoms with Gasteiger partial charge in [0, 0.05) is 5.02 Å². The van der Waals surface area contributed by atoms with Crippen molar-refractivity contribution >= 4 is 24.2 Å². The molecule has 0 aliphatic heterocycles. The van der Waals surface area contributed by atoms with E-state index in [4.69, 9.17) is 16.3 Å². The molecule has 0 amide bonds. The third-order valence-electron chi connectivity index (χ3n) is 3.13. The van der Waals surface area contributed by atoms with Crippen molar-refractivity contribution in [2.24, 2.45) is 0 Å². The highest BCUT2D eigenvalue weighted by atomic mass is 35.5. The topological polar surface area (TPSA) is 49.7 Å². The van der Waals surface area contributed by atoms with Crippen LogP contribution in [0.3, 0.4) is 0 Å². The summed E-state index contributed by atoms with van der Waals surface area (Å²) in [5.41, 5.74) is 2.23. The fraction of sp³-hybridized carbons (Fsp3) is 0.200. The molecule has 2 N–H and O–H groups in total. The van der Waals surface area contributed by atoms with E-state index in [2.05, 4.69) is 0 Å². The van der Waals surface area contributed by atoms with Crippen molar-refractivity contribution in [3.05, 3.63) is 58.6 Å². The Morgan fingerprint density at radius 2 is 1.85 bits per heavy atom. The van der Waals surface area contributed by atoms with Crippen LogP contribution >= 0.6 is 11.6 Å². The van der Waals surface area contributed by atoms with Gasteiger partial charge in [0.05, 0.1) is 0 Å². The Balaban J connectivity index is 2.13. The number of hydrogen-bond donors (Lipinski definition) is 2. The summed E-state index contributed by atoms with van der Waals surface area (Å²) in [5, 5.41) is 19.3. The average Bonchev–Trinajstić information content (AvgIpc) is 2.46. The van der Waals surface area contributed by atoms with Crippen molar-refractivity contribution < 1.29 is 14.8 Å². The number of hydrogen-bond acceptors (Lipinski definition) is 3. The van der Waals surface area contributed by atoms with Crippen molar-refractivity contribution in [3.63, 3.8) is 0 Å². The van der Waals surface area contributed by atoms with Gasteiger partial charge in [-0.25, -0.2) is 0 Å². The maximum atomic E-state index is 9.30. The van der Waals surface area contributed by atoms with Crippen LogP contribution in [0.1, 0.15) is 18.1 Å². The molecule has 0 fully saturated rings. The Labute approximate surface area is 123 Å². The quantitative estimate of drug-likeness (QED) is 0.830. The smallest absolute Gasteiger partial charge is 0.488 e. The van der Waals surface area contributed by atoms with E-state index in [0.29, 0.717) is 11.2 Å². The summed E-state index contributed by atoms with van der Waals surface area (Å²) in [5.74, 6) is 0.716. The molecule has 2 rings (SSSR count). The molecule has 0 aliphatic rings. The van der Waals surface area contributed by atoms with Gasteiger partial charge in [-0.15, -0.1) is 0 Å². The van der Waals surface area contributed by atoms with Gasteiger partial charge in [-0.3, -0.25) is 0 Å². The van der Waals surface area contributed by atoms with E-state index in [-0.39, 0.29) is 6.61 Å². The number of ether oxygens (including phenoxy) is 1. The maximum absolute atomic E-state index is 9.30. The number of rotatable bonds is 5. The molecule has 0 bridgehead atoms. The van der Waals surface area contributed by atoms with Crippen LogP contribution in [-0.4, -0.2) is 17.2 Å². The Morgan fingerprint density at radius 1 is 1.10 bits per heavy atom. The summed E-state index contributed by atoms with van der Waals surface area (Å²) >= 11 is 6.06. The van der Waals surface area contributed by atoms with Crippen LogP contribution in [-0.2, 0) is 13.0 Å². The molecule has 2 aromatic rings. The van der Waals surface area contributed by atoms with E-state index < -0.39 is 7.12 Å². The molecule has 20 heavy (non-hydrogen) atoms. The first-order chi connectivity index (χ1) is 9.61.